The van der Waals surface area contributed by atoms with Crippen LogP contribution in [0.1, 0.15) is 24.2 Å². The highest BCUT2D eigenvalue weighted by molar-refractivity contribution is 7.89. The average molecular weight is 345 g/mol. The predicted octanol–water partition coefficient (Wildman–Crippen LogP) is 0.869. The molecule has 9 heteroatoms. The van der Waals surface area contributed by atoms with Gasteiger partial charge >= 0.3 is 11.9 Å². The van der Waals surface area contributed by atoms with Gasteiger partial charge in [0, 0.05) is 0 Å². The Morgan fingerprint density at radius 1 is 1.22 bits per heavy atom. The molecule has 2 N–H and O–H groups in total. The zero-order chi connectivity index (χ0) is 17.8. The van der Waals surface area contributed by atoms with E-state index in [0.29, 0.717) is 0 Å². The van der Waals surface area contributed by atoms with E-state index < -0.39 is 33.9 Å². The Balaban J connectivity index is 3.35. The minimum Gasteiger partial charge on any atom is -0.495 e. The number of carbonyl (C=O) groups is 2. The third-order valence-electron chi connectivity index (χ3n) is 3.09. The Hall–Kier alpha value is -2.13. The lowest BCUT2D eigenvalue weighted by Crippen LogP contribution is -2.44. The van der Waals surface area contributed by atoms with Gasteiger partial charge in [0.15, 0.2) is 0 Å². The summed E-state index contributed by atoms with van der Waals surface area (Å²) in [5.74, 6) is -2.51. The molecule has 0 aliphatic heterocycles. The lowest BCUT2D eigenvalue weighted by molar-refractivity contribution is -0.140. The van der Waals surface area contributed by atoms with E-state index in [4.69, 9.17) is 9.84 Å². The third kappa shape index (κ3) is 4.42. The van der Waals surface area contributed by atoms with E-state index in [2.05, 4.69) is 9.46 Å². The normalized spacial score (nSPS) is 12.7. The van der Waals surface area contributed by atoms with Gasteiger partial charge in [0.05, 0.1) is 19.8 Å². The second-order valence-corrected chi connectivity index (χ2v) is 6.72. The second kappa shape index (κ2) is 7.42. The van der Waals surface area contributed by atoms with Crippen molar-refractivity contribution in [3.8, 4) is 5.75 Å². The number of hydrogen-bond acceptors (Lipinski definition) is 6. The number of hydrogen-bond donors (Lipinski definition) is 2. The number of ether oxygens (including phenoxy) is 2. The lowest BCUT2D eigenvalue weighted by Gasteiger charge is -2.19. The molecule has 128 valence electrons. The summed E-state index contributed by atoms with van der Waals surface area (Å²) < 4.78 is 36.6. The van der Waals surface area contributed by atoms with Gasteiger partial charge in [-0.05, 0) is 24.1 Å². The van der Waals surface area contributed by atoms with Crippen LogP contribution in [0, 0.1) is 5.92 Å². The molecule has 8 nitrogen and oxygen atoms in total. The largest absolute Gasteiger partial charge is 0.495 e. The topological polar surface area (TPSA) is 119 Å². The molecular weight excluding hydrogens is 326 g/mol. The molecule has 0 aliphatic rings. The summed E-state index contributed by atoms with van der Waals surface area (Å²) >= 11 is 0. The molecule has 1 aromatic carbocycles. The summed E-state index contributed by atoms with van der Waals surface area (Å²) in [6.07, 6.45) is 0. The Kier molecular flexibility index (Phi) is 6.11. The minimum atomic E-state index is -4.22. The second-order valence-electron chi connectivity index (χ2n) is 5.04. The molecule has 0 saturated heterocycles. The fraction of sp³-hybridized carbons (Fsp3) is 0.429. The first kappa shape index (κ1) is 18.9. The summed E-state index contributed by atoms with van der Waals surface area (Å²) in [5.41, 5.74) is 0.00472. The number of carbonyl (C=O) groups excluding carboxylic acids is 1. The van der Waals surface area contributed by atoms with Crippen LogP contribution in [0.15, 0.2) is 23.1 Å². The quantitative estimate of drug-likeness (QED) is 0.704. The molecule has 0 aliphatic carbocycles. The number of carboxylic acid groups (broad SMARTS) is 1. The monoisotopic (exact) mass is 345 g/mol. The SMILES string of the molecule is COC(=O)c1ccc(OC)c(S(=O)(=O)N[C@H](C(=O)O)C(C)C)c1. The van der Waals surface area contributed by atoms with E-state index in [1.807, 2.05) is 0 Å². The van der Waals surface area contributed by atoms with Crippen LogP contribution in [0.4, 0.5) is 0 Å². The number of methoxy groups -OCH3 is 2. The smallest absolute Gasteiger partial charge is 0.337 e. The predicted molar refractivity (Wildman–Crippen MR) is 80.9 cm³/mol. The summed E-state index contributed by atoms with van der Waals surface area (Å²) in [6, 6.07) is 2.41. The van der Waals surface area contributed by atoms with Crippen LogP contribution in [0.3, 0.4) is 0 Å². The van der Waals surface area contributed by atoms with Crippen molar-refractivity contribution in [1.29, 1.82) is 0 Å². The van der Waals surface area contributed by atoms with Crippen LogP contribution in [-0.4, -0.2) is 45.7 Å². The molecule has 1 aromatic rings. The number of aliphatic carboxylic acids is 1. The number of esters is 1. The van der Waals surface area contributed by atoms with Gasteiger partial charge in [-0.25, -0.2) is 13.2 Å². The maximum absolute atomic E-state index is 12.5. The first-order chi connectivity index (χ1) is 10.6. The van der Waals surface area contributed by atoms with E-state index in [0.717, 1.165) is 13.2 Å². The van der Waals surface area contributed by atoms with Crippen LogP contribution in [0.2, 0.25) is 0 Å². The molecule has 0 saturated carbocycles. The number of rotatable bonds is 7. The molecule has 0 unspecified atom stereocenters. The van der Waals surface area contributed by atoms with Gasteiger partial charge in [-0.2, -0.15) is 4.72 Å². The van der Waals surface area contributed by atoms with Crippen LogP contribution in [0.25, 0.3) is 0 Å². The van der Waals surface area contributed by atoms with Crippen LogP contribution in [-0.2, 0) is 19.6 Å². The maximum atomic E-state index is 12.5. The van der Waals surface area contributed by atoms with Crippen LogP contribution >= 0.6 is 0 Å². The molecular formula is C14H19NO7S. The van der Waals surface area contributed by atoms with E-state index in [9.17, 15) is 18.0 Å². The van der Waals surface area contributed by atoms with Crippen molar-refractivity contribution in [2.24, 2.45) is 5.92 Å². The summed E-state index contributed by atoms with van der Waals surface area (Å²) in [5, 5.41) is 9.13. The van der Waals surface area contributed by atoms with E-state index >= 15 is 0 Å². The number of carboxylic acids is 1. The summed E-state index contributed by atoms with van der Waals surface area (Å²) in [6.45, 7) is 3.15. The first-order valence-corrected chi connectivity index (χ1v) is 8.13. The van der Waals surface area contributed by atoms with Gasteiger partial charge in [-0.1, -0.05) is 13.8 Å². The van der Waals surface area contributed by atoms with Crippen molar-refractivity contribution in [1.82, 2.24) is 4.72 Å². The fourth-order valence-corrected chi connectivity index (χ4v) is 3.37. The Labute approximate surface area is 134 Å². The van der Waals surface area contributed by atoms with E-state index in [1.54, 1.807) is 13.8 Å². The molecule has 0 aromatic heterocycles. The van der Waals surface area contributed by atoms with Crippen molar-refractivity contribution < 1.29 is 32.6 Å². The molecule has 0 heterocycles. The maximum Gasteiger partial charge on any atom is 0.337 e. The van der Waals surface area contributed by atoms with Crippen molar-refractivity contribution in [2.45, 2.75) is 24.8 Å². The van der Waals surface area contributed by atoms with Gasteiger partial charge in [-0.15, -0.1) is 0 Å². The van der Waals surface area contributed by atoms with E-state index in [-0.39, 0.29) is 16.2 Å². The van der Waals surface area contributed by atoms with Crippen molar-refractivity contribution in [3.63, 3.8) is 0 Å². The van der Waals surface area contributed by atoms with Crippen LogP contribution < -0.4 is 9.46 Å². The average Bonchev–Trinajstić information content (AvgIpc) is 2.50. The first-order valence-electron chi connectivity index (χ1n) is 6.65. The lowest BCUT2D eigenvalue weighted by atomic mass is 10.1. The zero-order valence-corrected chi connectivity index (χ0v) is 14.0. The highest BCUT2D eigenvalue weighted by Crippen LogP contribution is 2.26. The minimum absolute atomic E-state index is 0.00472. The molecule has 0 fully saturated rings. The standard InChI is InChI=1S/C14H19NO7S/c1-8(2)12(13(16)17)15-23(19,20)11-7-9(14(18)22-4)5-6-10(11)21-3/h5-8,12,15H,1-4H3,(H,16,17)/t12-/m0/s1. The number of benzene rings is 1. The third-order valence-corrected chi connectivity index (χ3v) is 4.55. The number of nitrogens with one attached hydrogen (secondary N) is 1. The molecule has 0 spiro atoms. The summed E-state index contributed by atoms with van der Waals surface area (Å²) in [7, 11) is -1.79. The molecule has 23 heavy (non-hydrogen) atoms. The van der Waals surface area contributed by atoms with Crippen LogP contribution in [0.5, 0.6) is 5.75 Å². The Morgan fingerprint density at radius 3 is 2.26 bits per heavy atom. The van der Waals surface area contributed by atoms with Gasteiger partial charge in [0.2, 0.25) is 10.0 Å². The Bertz CT molecular complexity index is 697. The number of sulfonamides is 1. The van der Waals surface area contributed by atoms with Gasteiger partial charge < -0.3 is 14.6 Å². The van der Waals surface area contributed by atoms with E-state index in [1.165, 1.54) is 19.2 Å². The highest BCUT2D eigenvalue weighted by Gasteiger charge is 2.30. The molecule has 0 amide bonds. The molecule has 0 bridgehead atoms. The van der Waals surface area contributed by atoms with Crippen molar-refractivity contribution >= 4 is 22.0 Å². The highest BCUT2D eigenvalue weighted by atomic mass is 32.2. The summed E-state index contributed by atoms with van der Waals surface area (Å²) in [4.78, 5) is 22.4. The molecule has 1 rings (SSSR count). The van der Waals surface area contributed by atoms with Gasteiger partial charge in [-0.3, -0.25) is 4.79 Å². The van der Waals surface area contributed by atoms with Crippen molar-refractivity contribution in [3.05, 3.63) is 23.8 Å². The molecule has 0 radical (unpaired) electrons. The van der Waals surface area contributed by atoms with Gasteiger partial charge in [0.25, 0.3) is 0 Å². The van der Waals surface area contributed by atoms with Gasteiger partial charge in [0.1, 0.15) is 16.7 Å². The fourth-order valence-electron chi connectivity index (χ4n) is 1.83. The molecule has 1 atom stereocenters. The Morgan fingerprint density at radius 2 is 1.83 bits per heavy atom. The van der Waals surface area contributed by atoms with Crippen molar-refractivity contribution in [2.75, 3.05) is 14.2 Å². The zero-order valence-electron chi connectivity index (χ0n) is 13.2.